The Kier molecular flexibility index (Phi) is 6.16. The second-order valence-corrected chi connectivity index (χ2v) is 8.07. The van der Waals surface area contributed by atoms with Gasteiger partial charge in [0.2, 0.25) is 5.91 Å². The summed E-state index contributed by atoms with van der Waals surface area (Å²) >= 11 is 1.65. The quantitative estimate of drug-likeness (QED) is 0.763. The fourth-order valence-electron chi connectivity index (χ4n) is 3.10. The molecule has 132 valence electrons. The normalized spacial score (nSPS) is 16.6. The second kappa shape index (κ2) is 8.54. The van der Waals surface area contributed by atoms with Crippen molar-refractivity contribution in [3.63, 3.8) is 0 Å². The van der Waals surface area contributed by atoms with Gasteiger partial charge < -0.3 is 4.90 Å². The van der Waals surface area contributed by atoms with Crippen LogP contribution in [0.2, 0.25) is 0 Å². The van der Waals surface area contributed by atoms with Gasteiger partial charge in [0.15, 0.2) is 0 Å². The van der Waals surface area contributed by atoms with E-state index in [1.807, 2.05) is 17.9 Å². The summed E-state index contributed by atoms with van der Waals surface area (Å²) < 4.78 is 0. The highest BCUT2D eigenvalue weighted by Gasteiger charge is 2.25. The van der Waals surface area contributed by atoms with Gasteiger partial charge in [-0.05, 0) is 31.5 Å². The number of carbonyl (C=O) groups excluding carboxylic acids is 1. The second-order valence-electron chi connectivity index (χ2n) is 6.66. The van der Waals surface area contributed by atoms with Crippen molar-refractivity contribution in [3.05, 3.63) is 65.7 Å². The molecular weight excluding hydrogens is 328 g/mol. The van der Waals surface area contributed by atoms with E-state index in [0.29, 0.717) is 0 Å². The van der Waals surface area contributed by atoms with Crippen LogP contribution in [0.5, 0.6) is 0 Å². The molecule has 0 bridgehead atoms. The standard InChI is InChI=1S/C21H26N2OS/c1-17-8-10-20(11-9-17)25-18(2)21(24)23-14-12-22(13-15-23)16-19-6-4-3-5-7-19/h3-11,18H,12-16H2,1-2H3/t18-/m0/s1. The molecule has 4 heteroatoms. The van der Waals surface area contributed by atoms with Gasteiger partial charge in [-0.1, -0.05) is 48.0 Å². The monoisotopic (exact) mass is 354 g/mol. The molecule has 1 aliphatic heterocycles. The van der Waals surface area contributed by atoms with Crippen molar-refractivity contribution in [2.45, 2.75) is 30.5 Å². The lowest BCUT2D eigenvalue weighted by Gasteiger charge is -2.35. The summed E-state index contributed by atoms with van der Waals surface area (Å²) in [6, 6.07) is 18.9. The number of benzene rings is 2. The van der Waals surface area contributed by atoms with Gasteiger partial charge in [-0.2, -0.15) is 0 Å². The predicted octanol–water partition coefficient (Wildman–Crippen LogP) is 3.82. The average Bonchev–Trinajstić information content (AvgIpc) is 2.64. The number of carbonyl (C=O) groups is 1. The molecule has 0 aromatic heterocycles. The molecule has 1 atom stereocenters. The molecule has 1 aliphatic rings. The number of hydrogen-bond donors (Lipinski definition) is 0. The molecule has 3 rings (SSSR count). The summed E-state index contributed by atoms with van der Waals surface area (Å²) in [4.78, 5) is 18.3. The zero-order chi connectivity index (χ0) is 17.6. The van der Waals surface area contributed by atoms with E-state index in [9.17, 15) is 4.79 Å². The molecule has 0 radical (unpaired) electrons. The smallest absolute Gasteiger partial charge is 0.235 e. The molecular formula is C21H26N2OS. The summed E-state index contributed by atoms with van der Waals surface area (Å²) in [6.07, 6.45) is 0. The van der Waals surface area contributed by atoms with Gasteiger partial charge >= 0.3 is 0 Å². The third-order valence-electron chi connectivity index (χ3n) is 4.61. The van der Waals surface area contributed by atoms with Crippen molar-refractivity contribution < 1.29 is 4.79 Å². The number of thioether (sulfide) groups is 1. The van der Waals surface area contributed by atoms with Gasteiger partial charge in [-0.25, -0.2) is 0 Å². The summed E-state index contributed by atoms with van der Waals surface area (Å²) in [5.41, 5.74) is 2.59. The molecule has 1 heterocycles. The first-order chi connectivity index (χ1) is 12.1. The first-order valence-corrected chi connectivity index (χ1v) is 9.78. The summed E-state index contributed by atoms with van der Waals surface area (Å²) in [5.74, 6) is 0.255. The number of amides is 1. The van der Waals surface area contributed by atoms with Crippen LogP contribution in [-0.2, 0) is 11.3 Å². The highest BCUT2D eigenvalue weighted by atomic mass is 32.2. The topological polar surface area (TPSA) is 23.6 Å². The summed E-state index contributed by atoms with van der Waals surface area (Å²) in [6.45, 7) is 8.61. The zero-order valence-electron chi connectivity index (χ0n) is 15.0. The van der Waals surface area contributed by atoms with Gasteiger partial charge in [0.25, 0.3) is 0 Å². The van der Waals surface area contributed by atoms with Crippen molar-refractivity contribution >= 4 is 17.7 Å². The number of piperazine rings is 1. The number of rotatable bonds is 5. The lowest BCUT2D eigenvalue weighted by Crippen LogP contribution is -2.50. The van der Waals surface area contributed by atoms with Crippen molar-refractivity contribution in [1.82, 2.24) is 9.80 Å². The third-order valence-corrected chi connectivity index (χ3v) is 5.71. The van der Waals surface area contributed by atoms with Gasteiger partial charge in [-0.15, -0.1) is 11.8 Å². The molecule has 0 unspecified atom stereocenters. The van der Waals surface area contributed by atoms with Crippen LogP contribution in [0.4, 0.5) is 0 Å². The Labute approximate surface area is 155 Å². The zero-order valence-corrected chi connectivity index (χ0v) is 15.8. The fourth-order valence-corrected chi connectivity index (χ4v) is 4.05. The Hall–Kier alpha value is -1.78. The largest absolute Gasteiger partial charge is 0.339 e. The van der Waals surface area contributed by atoms with E-state index in [4.69, 9.17) is 0 Å². The van der Waals surface area contributed by atoms with Gasteiger partial charge in [0.05, 0.1) is 5.25 Å². The third kappa shape index (κ3) is 5.10. The van der Waals surface area contributed by atoms with E-state index < -0.39 is 0 Å². The van der Waals surface area contributed by atoms with E-state index in [1.165, 1.54) is 11.1 Å². The van der Waals surface area contributed by atoms with Gasteiger partial charge in [-0.3, -0.25) is 9.69 Å². The maximum absolute atomic E-state index is 12.7. The molecule has 2 aromatic rings. The number of aryl methyl sites for hydroxylation is 1. The van der Waals surface area contributed by atoms with E-state index in [-0.39, 0.29) is 11.2 Å². The van der Waals surface area contributed by atoms with E-state index in [1.54, 1.807) is 11.8 Å². The van der Waals surface area contributed by atoms with E-state index >= 15 is 0 Å². The minimum atomic E-state index is -0.0385. The Morgan fingerprint density at radius 1 is 1.00 bits per heavy atom. The van der Waals surface area contributed by atoms with Crippen molar-refractivity contribution in [2.75, 3.05) is 26.2 Å². The lowest BCUT2D eigenvalue weighted by atomic mass is 10.2. The lowest BCUT2D eigenvalue weighted by molar-refractivity contribution is -0.132. The first-order valence-electron chi connectivity index (χ1n) is 8.90. The predicted molar refractivity (Wildman–Crippen MR) is 105 cm³/mol. The number of nitrogens with zero attached hydrogens (tertiary/aromatic N) is 2. The van der Waals surface area contributed by atoms with Crippen LogP contribution in [-0.4, -0.2) is 47.1 Å². The molecule has 0 aliphatic carbocycles. The van der Waals surface area contributed by atoms with Gasteiger partial charge in [0.1, 0.15) is 0 Å². The van der Waals surface area contributed by atoms with Crippen molar-refractivity contribution in [2.24, 2.45) is 0 Å². The van der Waals surface area contributed by atoms with Crippen molar-refractivity contribution in [1.29, 1.82) is 0 Å². The van der Waals surface area contributed by atoms with E-state index in [0.717, 1.165) is 37.6 Å². The molecule has 1 amide bonds. The van der Waals surface area contributed by atoms with Crippen molar-refractivity contribution in [3.8, 4) is 0 Å². The van der Waals surface area contributed by atoms with Gasteiger partial charge in [0, 0.05) is 37.6 Å². The highest BCUT2D eigenvalue weighted by molar-refractivity contribution is 8.00. The average molecular weight is 355 g/mol. The molecule has 1 saturated heterocycles. The SMILES string of the molecule is Cc1ccc(S[C@@H](C)C(=O)N2CCN(Cc3ccccc3)CC2)cc1. The first kappa shape index (κ1) is 18.0. The maximum Gasteiger partial charge on any atom is 0.235 e. The van der Waals surface area contributed by atoms with Crippen LogP contribution in [0.15, 0.2) is 59.5 Å². The molecule has 0 saturated carbocycles. The Morgan fingerprint density at radius 3 is 2.28 bits per heavy atom. The number of hydrogen-bond acceptors (Lipinski definition) is 3. The Morgan fingerprint density at radius 2 is 1.64 bits per heavy atom. The van der Waals surface area contributed by atoms with Crippen LogP contribution in [0.1, 0.15) is 18.1 Å². The van der Waals surface area contributed by atoms with Crippen LogP contribution in [0, 0.1) is 6.92 Å². The Balaban J connectivity index is 1.48. The minimum absolute atomic E-state index is 0.0385. The summed E-state index contributed by atoms with van der Waals surface area (Å²) in [7, 11) is 0. The van der Waals surface area contributed by atoms with Crippen LogP contribution in [0.3, 0.4) is 0 Å². The van der Waals surface area contributed by atoms with Crippen LogP contribution in [0.25, 0.3) is 0 Å². The van der Waals surface area contributed by atoms with E-state index in [2.05, 4.69) is 60.4 Å². The summed E-state index contributed by atoms with van der Waals surface area (Å²) in [5, 5.41) is -0.0385. The maximum atomic E-state index is 12.7. The molecule has 25 heavy (non-hydrogen) atoms. The molecule has 2 aromatic carbocycles. The molecule has 0 spiro atoms. The van der Waals surface area contributed by atoms with Crippen LogP contribution < -0.4 is 0 Å². The minimum Gasteiger partial charge on any atom is -0.339 e. The highest BCUT2D eigenvalue weighted by Crippen LogP contribution is 2.25. The fraction of sp³-hybridized carbons (Fsp3) is 0.381. The molecule has 1 fully saturated rings. The molecule has 3 nitrogen and oxygen atoms in total. The van der Waals surface area contributed by atoms with Crippen LogP contribution >= 0.6 is 11.8 Å². The molecule has 0 N–H and O–H groups in total. The Bertz CT molecular complexity index is 679.